The lowest BCUT2D eigenvalue weighted by Crippen LogP contribution is -2.33. The van der Waals surface area contributed by atoms with Crippen molar-refractivity contribution in [3.8, 4) is 0 Å². The number of nitrogens with zero attached hydrogens (tertiary/aromatic N) is 3. The number of nitrogens with two attached hydrogens (primary N) is 1. The van der Waals surface area contributed by atoms with Crippen molar-refractivity contribution in [2.24, 2.45) is 5.84 Å². The number of ether oxygens (including phenoxy) is 1. The summed E-state index contributed by atoms with van der Waals surface area (Å²) in [4.78, 5) is 10.2. The van der Waals surface area contributed by atoms with E-state index in [9.17, 15) is 0 Å². The standard InChI is InChI=1S/C9H17N5O/c1-7(6-15-3)14(2)8-4-5-11-9(12-8)13-10/h4-5,7H,6,10H2,1-3H3,(H,11,12,13). The van der Waals surface area contributed by atoms with E-state index in [1.807, 2.05) is 18.0 Å². The fourth-order valence-corrected chi connectivity index (χ4v) is 1.19. The molecule has 1 rings (SSSR count). The summed E-state index contributed by atoms with van der Waals surface area (Å²) in [5.74, 6) is 6.45. The van der Waals surface area contributed by atoms with Gasteiger partial charge in [-0.3, -0.25) is 5.43 Å². The number of likely N-dealkylation sites (N-methyl/N-ethyl adjacent to an activating group) is 1. The van der Waals surface area contributed by atoms with Crippen molar-refractivity contribution in [1.82, 2.24) is 9.97 Å². The molecular weight excluding hydrogens is 194 g/mol. The number of anilines is 2. The average molecular weight is 211 g/mol. The van der Waals surface area contributed by atoms with Crippen LogP contribution in [0.2, 0.25) is 0 Å². The summed E-state index contributed by atoms with van der Waals surface area (Å²) in [6, 6.07) is 2.07. The van der Waals surface area contributed by atoms with Crippen molar-refractivity contribution in [2.45, 2.75) is 13.0 Å². The summed E-state index contributed by atoms with van der Waals surface area (Å²) in [6.45, 7) is 2.70. The Morgan fingerprint density at radius 1 is 1.67 bits per heavy atom. The van der Waals surface area contributed by atoms with Gasteiger partial charge in [0, 0.05) is 20.4 Å². The van der Waals surface area contributed by atoms with Crippen molar-refractivity contribution >= 4 is 11.8 Å². The van der Waals surface area contributed by atoms with Gasteiger partial charge in [0.05, 0.1) is 12.6 Å². The third-order valence-electron chi connectivity index (χ3n) is 2.20. The fraction of sp³-hybridized carbons (Fsp3) is 0.556. The van der Waals surface area contributed by atoms with Crippen LogP contribution in [0.15, 0.2) is 12.3 Å². The highest BCUT2D eigenvalue weighted by molar-refractivity contribution is 5.42. The molecule has 6 nitrogen and oxygen atoms in total. The van der Waals surface area contributed by atoms with E-state index < -0.39 is 0 Å². The Bertz CT molecular complexity index is 306. The second-order valence-electron chi connectivity index (χ2n) is 3.30. The van der Waals surface area contributed by atoms with Crippen LogP contribution in [0.5, 0.6) is 0 Å². The lowest BCUT2D eigenvalue weighted by molar-refractivity contribution is 0.183. The Hall–Kier alpha value is -1.40. The molecule has 1 aromatic heterocycles. The van der Waals surface area contributed by atoms with Crippen molar-refractivity contribution in [3.63, 3.8) is 0 Å². The van der Waals surface area contributed by atoms with E-state index in [2.05, 4.69) is 22.3 Å². The van der Waals surface area contributed by atoms with E-state index in [0.29, 0.717) is 12.6 Å². The highest BCUT2D eigenvalue weighted by Gasteiger charge is 2.11. The smallest absolute Gasteiger partial charge is 0.239 e. The number of nitrogens with one attached hydrogen (secondary N) is 1. The van der Waals surface area contributed by atoms with Gasteiger partial charge in [-0.15, -0.1) is 0 Å². The maximum Gasteiger partial charge on any atom is 0.239 e. The number of hydrogen-bond donors (Lipinski definition) is 2. The number of methoxy groups -OCH3 is 1. The first-order chi connectivity index (χ1) is 7.19. The fourth-order valence-electron chi connectivity index (χ4n) is 1.19. The van der Waals surface area contributed by atoms with E-state index in [-0.39, 0.29) is 6.04 Å². The van der Waals surface area contributed by atoms with Crippen LogP contribution in [0.4, 0.5) is 11.8 Å². The summed E-state index contributed by atoms with van der Waals surface area (Å²) in [6.07, 6.45) is 1.66. The molecule has 1 atom stereocenters. The Balaban J connectivity index is 2.76. The maximum atomic E-state index is 5.24. The molecule has 0 aliphatic rings. The molecule has 0 aliphatic heterocycles. The first-order valence-electron chi connectivity index (χ1n) is 4.70. The lowest BCUT2D eigenvalue weighted by atomic mass is 10.3. The molecule has 3 N–H and O–H groups in total. The summed E-state index contributed by atoms with van der Waals surface area (Å²) in [5, 5.41) is 0. The Morgan fingerprint density at radius 3 is 3.00 bits per heavy atom. The largest absolute Gasteiger partial charge is 0.383 e. The molecule has 0 aliphatic carbocycles. The minimum Gasteiger partial charge on any atom is -0.383 e. The number of rotatable bonds is 5. The first-order valence-corrected chi connectivity index (χ1v) is 4.70. The van der Waals surface area contributed by atoms with Crippen molar-refractivity contribution < 1.29 is 4.74 Å². The van der Waals surface area contributed by atoms with Gasteiger partial charge in [0.2, 0.25) is 5.95 Å². The molecule has 6 heteroatoms. The summed E-state index contributed by atoms with van der Waals surface area (Å²) in [7, 11) is 3.63. The predicted octanol–water partition coefficient (Wildman–Crippen LogP) is 0.233. The quantitative estimate of drug-likeness (QED) is 0.536. The van der Waals surface area contributed by atoms with Crippen molar-refractivity contribution in [1.29, 1.82) is 0 Å². The van der Waals surface area contributed by atoms with Crippen LogP contribution in [0.25, 0.3) is 0 Å². The summed E-state index contributed by atoms with van der Waals surface area (Å²) in [5.41, 5.74) is 2.41. The Labute approximate surface area is 89.4 Å². The van der Waals surface area contributed by atoms with Gasteiger partial charge in [-0.05, 0) is 13.0 Å². The van der Waals surface area contributed by atoms with Gasteiger partial charge < -0.3 is 9.64 Å². The van der Waals surface area contributed by atoms with E-state index in [0.717, 1.165) is 5.82 Å². The van der Waals surface area contributed by atoms with Crippen LogP contribution in [-0.4, -0.2) is 36.8 Å². The summed E-state index contributed by atoms with van der Waals surface area (Å²) < 4.78 is 5.08. The second kappa shape index (κ2) is 5.47. The topological polar surface area (TPSA) is 76.3 Å². The third kappa shape index (κ3) is 3.03. The van der Waals surface area contributed by atoms with Gasteiger partial charge in [0.1, 0.15) is 5.82 Å². The maximum absolute atomic E-state index is 5.24. The normalized spacial score (nSPS) is 12.3. The van der Waals surface area contributed by atoms with Gasteiger partial charge in [-0.2, -0.15) is 4.98 Å². The van der Waals surface area contributed by atoms with Crippen LogP contribution in [-0.2, 0) is 4.74 Å². The van der Waals surface area contributed by atoms with Gasteiger partial charge in [-0.25, -0.2) is 10.8 Å². The molecule has 1 aromatic rings. The average Bonchev–Trinajstić information content (AvgIpc) is 2.28. The molecule has 0 spiro atoms. The molecule has 0 saturated carbocycles. The molecule has 1 heterocycles. The number of nitrogen functional groups attached to an aromatic ring is 1. The molecule has 0 aromatic carbocycles. The van der Waals surface area contributed by atoms with Crippen LogP contribution < -0.4 is 16.2 Å². The van der Waals surface area contributed by atoms with E-state index >= 15 is 0 Å². The molecule has 15 heavy (non-hydrogen) atoms. The van der Waals surface area contributed by atoms with Crippen LogP contribution in [0, 0.1) is 0 Å². The number of hydrazine groups is 1. The number of aromatic nitrogens is 2. The number of hydrogen-bond acceptors (Lipinski definition) is 6. The van der Waals surface area contributed by atoms with Gasteiger partial charge in [0.15, 0.2) is 0 Å². The minimum absolute atomic E-state index is 0.246. The van der Waals surface area contributed by atoms with Crippen molar-refractivity contribution in [2.75, 3.05) is 31.1 Å². The van der Waals surface area contributed by atoms with Crippen LogP contribution in [0.3, 0.4) is 0 Å². The van der Waals surface area contributed by atoms with Crippen LogP contribution in [0.1, 0.15) is 6.92 Å². The molecule has 0 bridgehead atoms. The molecule has 0 saturated heterocycles. The molecule has 0 amide bonds. The van der Waals surface area contributed by atoms with E-state index in [1.165, 1.54) is 0 Å². The van der Waals surface area contributed by atoms with E-state index in [4.69, 9.17) is 10.6 Å². The zero-order chi connectivity index (χ0) is 11.3. The molecule has 0 fully saturated rings. The Morgan fingerprint density at radius 2 is 2.40 bits per heavy atom. The minimum atomic E-state index is 0.246. The monoisotopic (exact) mass is 211 g/mol. The molecule has 1 unspecified atom stereocenters. The van der Waals surface area contributed by atoms with Gasteiger partial charge in [-0.1, -0.05) is 0 Å². The molecule has 84 valence electrons. The SMILES string of the molecule is COCC(C)N(C)c1ccnc(NN)n1. The predicted molar refractivity (Wildman–Crippen MR) is 59.6 cm³/mol. The molecular formula is C9H17N5O. The molecule has 0 radical (unpaired) electrons. The summed E-state index contributed by atoms with van der Waals surface area (Å²) >= 11 is 0. The first kappa shape index (κ1) is 11.7. The van der Waals surface area contributed by atoms with Gasteiger partial charge in [0.25, 0.3) is 0 Å². The van der Waals surface area contributed by atoms with Crippen molar-refractivity contribution in [3.05, 3.63) is 12.3 Å². The van der Waals surface area contributed by atoms with Gasteiger partial charge >= 0.3 is 0 Å². The highest BCUT2D eigenvalue weighted by Crippen LogP contribution is 2.12. The zero-order valence-electron chi connectivity index (χ0n) is 9.27. The lowest BCUT2D eigenvalue weighted by Gasteiger charge is -2.25. The van der Waals surface area contributed by atoms with E-state index in [1.54, 1.807) is 13.3 Å². The Kier molecular flexibility index (Phi) is 4.26. The zero-order valence-corrected chi connectivity index (χ0v) is 9.27. The second-order valence-corrected chi connectivity index (χ2v) is 3.30. The third-order valence-corrected chi connectivity index (χ3v) is 2.20. The highest BCUT2D eigenvalue weighted by atomic mass is 16.5. The van der Waals surface area contributed by atoms with Crippen LogP contribution >= 0.6 is 0 Å².